The third-order valence-electron chi connectivity index (χ3n) is 1.89. The molecule has 0 aromatic carbocycles. The van der Waals surface area contributed by atoms with Gasteiger partial charge in [0.15, 0.2) is 0 Å². The van der Waals surface area contributed by atoms with E-state index in [-0.39, 0.29) is 0 Å². The van der Waals surface area contributed by atoms with E-state index in [1.807, 2.05) is 0 Å². The van der Waals surface area contributed by atoms with Crippen LogP contribution in [0.5, 0.6) is 0 Å². The molecule has 0 bridgehead atoms. The summed E-state index contributed by atoms with van der Waals surface area (Å²) in [6.45, 7) is 9.68. The van der Waals surface area contributed by atoms with Gasteiger partial charge in [0.25, 0.3) is 0 Å². The molecule has 71 valence electrons. The van der Waals surface area contributed by atoms with Crippen molar-refractivity contribution in [2.75, 3.05) is 13.2 Å². The van der Waals surface area contributed by atoms with E-state index in [9.17, 15) is 0 Å². The molecule has 0 atom stereocenters. The second-order valence-corrected chi connectivity index (χ2v) is 3.06. The first-order valence-electron chi connectivity index (χ1n) is 4.80. The smallest absolute Gasteiger partial charge is 0.0466 e. The summed E-state index contributed by atoms with van der Waals surface area (Å²) in [5, 5.41) is 0. The van der Waals surface area contributed by atoms with E-state index in [1.54, 1.807) is 0 Å². The van der Waals surface area contributed by atoms with Crippen molar-refractivity contribution < 1.29 is 4.74 Å². The Morgan fingerprint density at radius 2 is 2.08 bits per heavy atom. The zero-order valence-electron chi connectivity index (χ0n) is 8.44. The van der Waals surface area contributed by atoms with Gasteiger partial charge in [-0.25, -0.2) is 0 Å². The lowest BCUT2D eigenvalue weighted by Gasteiger charge is -2.02. The molecule has 0 N–H and O–H groups in total. The number of hydrogen-bond donors (Lipinski definition) is 0. The van der Waals surface area contributed by atoms with Gasteiger partial charge in [0.1, 0.15) is 0 Å². The van der Waals surface area contributed by atoms with Crippen LogP contribution in [0.1, 0.15) is 39.5 Å². The lowest BCUT2D eigenvalue weighted by Crippen LogP contribution is -1.95. The van der Waals surface area contributed by atoms with Crippen LogP contribution in [-0.4, -0.2) is 13.2 Å². The number of hydrogen-bond acceptors (Lipinski definition) is 1. The summed E-state index contributed by atoms with van der Waals surface area (Å²) in [5.41, 5.74) is 1.48. The Morgan fingerprint density at radius 1 is 1.33 bits per heavy atom. The van der Waals surface area contributed by atoms with Crippen LogP contribution in [0.2, 0.25) is 0 Å². The highest BCUT2D eigenvalue weighted by molar-refractivity contribution is 4.94. The van der Waals surface area contributed by atoms with Crippen LogP contribution in [-0.2, 0) is 4.74 Å². The Bertz CT molecular complexity index is 116. The van der Waals surface area contributed by atoms with Gasteiger partial charge in [0.2, 0.25) is 0 Å². The second kappa shape index (κ2) is 8.79. The molecule has 0 fully saturated rings. The van der Waals surface area contributed by atoms with Crippen LogP contribution in [0, 0.1) is 6.92 Å². The molecular weight excluding hydrogens is 148 g/mol. The van der Waals surface area contributed by atoms with E-state index in [1.165, 1.54) is 24.8 Å². The average Bonchev–Trinajstić information content (AvgIpc) is 2.10. The van der Waals surface area contributed by atoms with Crippen molar-refractivity contribution in [2.45, 2.75) is 39.5 Å². The lowest BCUT2D eigenvalue weighted by atomic mass is 10.1. The molecule has 0 aromatic rings. The monoisotopic (exact) mass is 169 g/mol. The average molecular weight is 169 g/mol. The molecule has 0 saturated heterocycles. The highest BCUT2D eigenvalue weighted by Gasteiger charge is 1.90. The molecule has 0 amide bonds. The van der Waals surface area contributed by atoms with E-state index in [0.717, 1.165) is 19.6 Å². The number of rotatable bonds is 7. The minimum Gasteiger partial charge on any atom is -0.381 e. The second-order valence-electron chi connectivity index (χ2n) is 3.06. The molecule has 0 aliphatic rings. The van der Waals surface area contributed by atoms with Gasteiger partial charge in [0.05, 0.1) is 0 Å². The van der Waals surface area contributed by atoms with Gasteiger partial charge < -0.3 is 4.74 Å². The predicted octanol–water partition coefficient (Wildman–Crippen LogP) is 3.36. The summed E-state index contributed by atoms with van der Waals surface area (Å²) < 4.78 is 5.32. The molecule has 0 heterocycles. The van der Waals surface area contributed by atoms with Crippen molar-refractivity contribution >= 4 is 0 Å². The van der Waals surface area contributed by atoms with Crippen LogP contribution >= 0.6 is 0 Å². The topological polar surface area (TPSA) is 9.23 Å². The van der Waals surface area contributed by atoms with Gasteiger partial charge in [-0.05, 0) is 39.5 Å². The minimum atomic E-state index is 0.808. The highest BCUT2D eigenvalue weighted by Crippen LogP contribution is 2.05. The molecule has 0 saturated carbocycles. The molecule has 1 nitrogen and oxygen atoms in total. The van der Waals surface area contributed by atoms with E-state index in [2.05, 4.69) is 26.8 Å². The van der Waals surface area contributed by atoms with E-state index in [0.29, 0.717) is 0 Å². The lowest BCUT2D eigenvalue weighted by molar-refractivity contribution is 0.134. The van der Waals surface area contributed by atoms with Gasteiger partial charge in [-0.1, -0.05) is 18.6 Å². The fourth-order valence-corrected chi connectivity index (χ4v) is 0.956. The fraction of sp³-hybridized carbons (Fsp3) is 0.727. The standard InChI is InChI=1S/C11H21O/c1-4-9-12-10-7-6-8-11(3)5-2/h5H,1,4,6-10H2,2-3H3. The van der Waals surface area contributed by atoms with Gasteiger partial charge in [-0.15, -0.1) is 0 Å². The SMILES string of the molecule is [CH2]CCOCCCCC(C)=CC. The maximum absolute atomic E-state index is 5.32. The summed E-state index contributed by atoms with van der Waals surface area (Å²) in [5.74, 6) is 0. The van der Waals surface area contributed by atoms with Crippen LogP contribution in [0.15, 0.2) is 11.6 Å². The van der Waals surface area contributed by atoms with Gasteiger partial charge in [0, 0.05) is 13.2 Å². The fourth-order valence-electron chi connectivity index (χ4n) is 0.956. The van der Waals surface area contributed by atoms with E-state index >= 15 is 0 Å². The molecule has 0 aliphatic carbocycles. The molecule has 0 spiro atoms. The van der Waals surface area contributed by atoms with Crippen molar-refractivity contribution in [1.29, 1.82) is 0 Å². The summed E-state index contributed by atoms with van der Waals surface area (Å²) in [4.78, 5) is 0. The zero-order valence-corrected chi connectivity index (χ0v) is 8.44. The van der Waals surface area contributed by atoms with Crippen molar-refractivity contribution in [1.82, 2.24) is 0 Å². The first-order valence-corrected chi connectivity index (χ1v) is 4.80. The summed E-state index contributed by atoms with van der Waals surface area (Å²) in [7, 11) is 0. The Labute approximate surface area is 76.8 Å². The Balaban J connectivity index is 3.00. The quantitative estimate of drug-likeness (QED) is 0.419. The number of unbranched alkanes of at least 4 members (excludes halogenated alkanes) is 1. The van der Waals surface area contributed by atoms with Crippen molar-refractivity contribution in [3.63, 3.8) is 0 Å². The van der Waals surface area contributed by atoms with Crippen LogP contribution < -0.4 is 0 Å². The van der Waals surface area contributed by atoms with Gasteiger partial charge in [-0.3, -0.25) is 0 Å². The van der Waals surface area contributed by atoms with E-state index < -0.39 is 0 Å². The molecule has 0 unspecified atom stereocenters. The predicted molar refractivity (Wildman–Crippen MR) is 54.1 cm³/mol. The largest absolute Gasteiger partial charge is 0.381 e. The maximum atomic E-state index is 5.32. The zero-order chi connectivity index (χ0) is 9.23. The Hall–Kier alpha value is -0.300. The van der Waals surface area contributed by atoms with Crippen LogP contribution in [0.3, 0.4) is 0 Å². The third kappa shape index (κ3) is 7.80. The minimum absolute atomic E-state index is 0.808. The first-order chi connectivity index (χ1) is 5.81. The molecule has 12 heavy (non-hydrogen) atoms. The molecule has 0 aliphatic heterocycles. The molecule has 1 radical (unpaired) electrons. The molecule has 1 heteroatoms. The molecular formula is C11H21O. The van der Waals surface area contributed by atoms with Crippen molar-refractivity contribution in [2.24, 2.45) is 0 Å². The van der Waals surface area contributed by atoms with Crippen molar-refractivity contribution in [3.8, 4) is 0 Å². The van der Waals surface area contributed by atoms with Crippen LogP contribution in [0.4, 0.5) is 0 Å². The summed E-state index contributed by atoms with van der Waals surface area (Å²) in [6.07, 6.45) is 6.69. The maximum Gasteiger partial charge on any atom is 0.0466 e. The third-order valence-corrected chi connectivity index (χ3v) is 1.89. The Morgan fingerprint density at radius 3 is 2.67 bits per heavy atom. The summed E-state index contributed by atoms with van der Waals surface area (Å²) >= 11 is 0. The highest BCUT2D eigenvalue weighted by atomic mass is 16.5. The van der Waals surface area contributed by atoms with Crippen molar-refractivity contribution in [3.05, 3.63) is 18.6 Å². The molecule has 0 aromatic heterocycles. The van der Waals surface area contributed by atoms with Gasteiger partial charge >= 0.3 is 0 Å². The normalized spacial score (nSPS) is 12.1. The molecule has 0 rings (SSSR count). The number of ether oxygens (including phenoxy) is 1. The van der Waals surface area contributed by atoms with E-state index in [4.69, 9.17) is 4.74 Å². The van der Waals surface area contributed by atoms with Crippen LogP contribution in [0.25, 0.3) is 0 Å². The van der Waals surface area contributed by atoms with Gasteiger partial charge in [-0.2, -0.15) is 0 Å². The first kappa shape index (κ1) is 11.7. The summed E-state index contributed by atoms with van der Waals surface area (Å²) in [6, 6.07) is 0. The Kier molecular flexibility index (Phi) is 8.57. The number of allylic oxidation sites excluding steroid dienone is 2.